The molecule has 1 amide bonds. The molecule has 2 heterocycles. The third kappa shape index (κ3) is 8.64. The van der Waals surface area contributed by atoms with Gasteiger partial charge in [0.2, 0.25) is 11.1 Å². The number of carbonyl (C=O) groups is 2. The van der Waals surface area contributed by atoms with Crippen molar-refractivity contribution in [1.82, 2.24) is 25.5 Å². The molecule has 0 bridgehead atoms. The minimum atomic E-state index is -0.909. The van der Waals surface area contributed by atoms with E-state index < -0.39 is 12.3 Å². The van der Waals surface area contributed by atoms with Crippen molar-refractivity contribution in [2.45, 2.75) is 63.0 Å². The van der Waals surface area contributed by atoms with Crippen LogP contribution in [0.1, 0.15) is 60.8 Å². The second-order valence-corrected chi connectivity index (χ2v) is 13.1. The van der Waals surface area contributed by atoms with Gasteiger partial charge in [-0.3, -0.25) is 9.59 Å². The fraction of sp³-hybridized carbons (Fsp3) is 0.289. The molecule has 1 aliphatic rings. The number of hydrogen-bond donors (Lipinski definition) is 3. The molecular weight excluding hydrogens is 655 g/mol. The van der Waals surface area contributed by atoms with Crippen LogP contribution >= 0.6 is 11.8 Å². The summed E-state index contributed by atoms with van der Waals surface area (Å²) in [6.07, 6.45) is -0.680. The highest BCUT2D eigenvalue weighted by Crippen LogP contribution is 2.43. The average molecular weight is 694 g/mol. The SMILES string of the molecule is C[C@H]1[C@@H](CSc2nnnn2-c2ccccc2)O[C@@H](c2ccc(-c3ccccc3CNC(=O)CCCC(=O)O)cc2)O[C@H]1c1ccc(CO)cc1. The molecule has 0 spiro atoms. The monoisotopic (exact) mass is 693 g/mol. The summed E-state index contributed by atoms with van der Waals surface area (Å²) in [6.45, 7) is 2.43. The Kier molecular flexibility index (Phi) is 11.7. The number of nitrogens with one attached hydrogen (secondary N) is 1. The first kappa shape index (κ1) is 35.0. The zero-order chi connectivity index (χ0) is 34.9. The number of amides is 1. The highest BCUT2D eigenvalue weighted by atomic mass is 32.2. The molecule has 1 fully saturated rings. The molecule has 50 heavy (non-hydrogen) atoms. The Hall–Kier alpha value is -4.88. The van der Waals surface area contributed by atoms with Gasteiger partial charge < -0.3 is 25.0 Å². The van der Waals surface area contributed by atoms with Gasteiger partial charge >= 0.3 is 5.97 Å². The van der Waals surface area contributed by atoms with Gasteiger partial charge in [-0.2, -0.15) is 4.68 Å². The number of aliphatic hydroxyl groups is 1. The van der Waals surface area contributed by atoms with E-state index in [1.807, 2.05) is 103 Å². The number of tetrazole rings is 1. The van der Waals surface area contributed by atoms with Crippen molar-refractivity contribution < 1.29 is 29.3 Å². The molecule has 1 aliphatic heterocycles. The van der Waals surface area contributed by atoms with Crippen molar-refractivity contribution >= 4 is 23.6 Å². The number of thioether (sulfide) groups is 1. The molecule has 258 valence electrons. The van der Waals surface area contributed by atoms with Crippen LogP contribution in [0.25, 0.3) is 16.8 Å². The predicted molar refractivity (Wildman–Crippen MR) is 188 cm³/mol. The number of aliphatic carboxylic acids is 1. The molecule has 4 aromatic carbocycles. The number of ether oxygens (including phenoxy) is 2. The summed E-state index contributed by atoms with van der Waals surface area (Å²) >= 11 is 1.53. The fourth-order valence-electron chi connectivity index (χ4n) is 5.92. The van der Waals surface area contributed by atoms with Crippen LogP contribution < -0.4 is 5.32 Å². The second kappa shape index (κ2) is 16.7. The fourth-order valence-corrected chi connectivity index (χ4v) is 6.98. The Labute approximate surface area is 294 Å². The van der Waals surface area contributed by atoms with Gasteiger partial charge in [-0.25, -0.2) is 0 Å². The number of hydrogen-bond acceptors (Lipinski definition) is 9. The third-order valence-electron chi connectivity index (χ3n) is 8.72. The van der Waals surface area contributed by atoms with E-state index in [1.165, 1.54) is 11.8 Å². The maximum atomic E-state index is 12.3. The van der Waals surface area contributed by atoms with E-state index in [0.29, 0.717) is 23.9 Å². The summed E-state index contributed by atoms with van der Waals surface area (Å²) < 4.78 is 15.0. The van der Waals surface area contributed by atoms with E-state index in [4.69, 9.17) is 14.6 Å². The largest absolute Gasteiger partial charge is 0.481 e. The Bertz CT molecular complexity index is 1870. The van der Waals surface area contributed by atoms with Gasteiger partial charge in [0.1, 0.15) is 0 Å². The number of para-hydroxylation sites is 1. The van der Waals surface area contributed by atoms with Crippen molar-refractivity contribution in [3.63, 3.8) is 0 Å². The number of rotatable bonds is 14. The molecule has 3 N–H and O–H groups in total. The van der Waals surface area contributed by atoms with Crippen LogP contribution in [0, 0.1) is 5.92 Å². The normalized spacial score (nSPS) is 18.8. The Balaban J connectivity index is 1.19. The topological polar surface area (TPSA) is 149 Å². The lowest BCUT2D eigenvalue weighted by atomic mass is 9.91. The van der Waals surface area contributed by atoms with Crippen molar-refractivity contribution in [2.75, 3.05) is 5.75 Å². The Morgan fingerprint density at radius 3 is 2.34 bits per heavy atom. The van der Waals surface area contributed by atoms with E-state index in [-0.39, 0.29) is 43.5 Å². The Morgan fingerprint density at radius 2 is 1.60 bits per heavy atom. The lowest BCUT2D eigenvalue weighted by Crippen LogP contribution is -2.38. The van der Waals surface area contributed by atoms with Gasteiger partial charge in [0.15, 0.2) is 6.29 Å². The van der Waals surface area contributed by atoms with Crippen molar-refractivity contribution in [1.29, 1.82) is 0 Å². The van der Waals surface area contributed by atoms with E-state index in [0.717, 1.165) is 39.1 Å². The number of carboxylic acids is 1. The van der Waals surface area contributed by atoms with Gasteiger partial charge in [-0.15, -0.1) is 5.10 Å². The first-order valence-electron chi connectivity index (χ1n) is 16.5. The van der Waals surface area contributed by atoms with Crippen LogP contribution in [0.4, 0.5) is 0 Å². The van der Waals surface area contributed by atoms with Crippen LogP contribution in [-0.4, -0.2) is 54.2 Å². The zero-order valence-electron chi connectivity index (χ0n) is 27.6. The van der Waals surface area contributed by atoms with Crippen molar-refractivity contribution in [3.05, 3.63) is 125 Å². The molecule has 1 aromatic heterocycles. The molecule has 0 unspecified atom stereocenters. The molecule has 12 heteroatoms. The van der Waals surface area contributed by atoms with E-state index in [1.54, 1.807) is 4.68 Å². The standard InChI is InChI=1S/C38H39N5O6S/c1-25-33(24-50-38-40-41-42-43(38)31-9-3-2-4-10-31)48-37(49-36(25)28-16-14-26(23-44)15-17-28)29-20-18-27(19-21-29)32-11-6-5-8-30(32)22-39-34(45)12-7-13-35(46)47/h2-6,8-11,14-21,25,33,36-37,44H,7,12-13,22-24H2,1H3,(H,39,45)(H,46,47)/t25-,33+,36+,37+/m0/s1. The van der Waals surface area contributed by atoms with Crippen molar-refractivity contribution in [2.24, 2.45) is 5.92 Å². The first-order valence-corrected chi connectivity index (χ1v) is 17.5. The van der Waals surface area contributed by atoms with E-state index >= 15 is 0 Å². The predicted octanol–water partition coefficient (Wildman–Crippen LogP) is 6.28. The summed E-state index contributed by atoms with van der Waals surface area (Å²) in [7, 11) is 0. The number of benzene rings is 4. The molecule has 11 nitrogen and oxygen atoms in total. The lowest BCUT2D eigenvalue weighted by Gasteiger charge is -2.41. The lowest BCUT2D eigenvalue weighted by molar-refractivity contribution is -0.268. The summed E-state index contributed by atoms with van der Waals surface area (Å²) in [4.78, 5) is 23.1. The smallest absolute Gasteiger partial charge is 0.303 e. The second-order valence-electron chi connectivity index (χ2n) is 12.1. The maximum Gasteiger partial charge on any atom is 0.303 e. The zero-order valence-corrected chi connectivity index (χ0v) is 28.4. The van der Waals surface area contributed by atoms with Gasteiger partial charge in [0.25, 0.3) is 0 Å². The van der Waals surface area contributed by atoms with E-state index in [2.05, 4.69) is 27.8 Å². The molecule has 4 atom stereocenters. The summed E-state index contributed by atoms with van der Waals surface area (Å²) in [5.41, 5.74) is 6.49. The number of nitrogens with zero attached hydrogens (tertiary/aromatic N) is 4. The van der Waals surface area contributed by atoms with Gasteiger partial charge in [-0.1, -0.05) is 110 Å². The number of carbonyl (C=O) groups excluding carboxylic acids is 1. The van der Waals surface area contributed by atoms with Crippen molar-refractivity contribution in [3.8, 4) is 16.8 Å². The van der Waals surface area contributed by atoms with Gasteiger partial charge in [0.05, 0.1) is 24.5 Å². The number of carboxylic acid groups (broad SMARTS) is 1. The van der Waals surface area contributed by atoms with Gasteiger partial charge in [-0.05, 0) is 56.8 Å². The maximum absolute atomic E-state index is 12.3. The minimum absolute atomic E-state index is 0.00901. The summed E-state index contributed by atoms with van der Waals surface area (Å²) in [6, 6.07) is 33.5. The highest BCUT2D eigenvalue weighted by molar-refractivity contribution is 7.99. The van der Waals surface area contributed by atoms with Gasteiger partial charge in [0, 0.05) is 36.6 Å². The van der Waals surface area contributed by atoms with Crippen LogP contribution in [-0.2, 0) is 32.2 Å². The number of aliphatic hydroxyl groups excluding tert-OH is 1. The highest BCUT2D eigenvalue weighted by Gasteiger charge is 2.38. The average Bonchev–Trinajstić information content (AvgIpc) is 3.63. The molecule has 1 saturated heterocycles. The third-order valence-corrected chi connectivity index (χ3v) is 9.73. The van der Waals surface area contributed by atoms with Crippen LogP contribution in [0.2, 0.25) is 0 Å². The molecule has 6 rings (SSSR count). The minimum Gasteiger partial charge on any atom is -0.481 e. The first-order chi connectivity index (χ1) is 24.4. The quantitative estimate of drug-likeness (QED) is 0.114. The van der Waals surface area contributed by atoms with Crippen LogP contribution in [0.15, 0.2) is 108 Å². The molecule has 0 saturated carbocycles. The molecule has 0 aliphatic carbocycles. The summed E-state index contributed by atoms with van der Waals surface area (Å²) in [5, 5.41) is 34.4. The number of aromatic nitrogens is 4. The Morgan fingerprint density at radius 1 is 0.880 bits per heavy atom. The summed E-state index contributed by atoms with van der Waals surface area (Å²) in [5.74, 6) is -0.506. The molecular formula is C38H39N5O6S. The van der Waals surface area contributed by atoms with Crippen LogP contribution in [0.3, 0.4) is 0 Å². The van der Waals surface area contributed by atoms with E-state index in [9.17, 15) is 14.7 Å². The van der Waals surface area contributed by atoms with Crippen LogP contribution in [0.5, 0.6) is 0 Å². The molecule has 5 aromatic rings. The molecule has 0 radical (unpaired) electrons.